The fraction of sp³-hybridized carbons (Fsp3) is 1.00. The molecule has 1 saturated carbocycles. The summed E-state index contributed by atoms with van der Waals surface area (Å²) < 4.78 is 0. The fourth-order valence-electron chi connectivity index (χ4n) is 4.13. The molecule has 1 aliphatic carbocycles. The molecule has 5 nitrogen and oxygen atoms in total. The SMILES string of the molecule is CSCC[C@@H]1CNC2CCCCC2NC[C@@H](CCSC)NCCNCCN1.[Cl][Mn][Cl]. The summed E-state index contributed by atoms with van der Waals surface area (Å²) in [5, 5.41) is 19.0. The van der Waals surface area contributed by atoms with Gasteiger partial charge in [-0.25, -0.2) is 0 Å². The van der Waals surface area contributed by atoms with E-state index in [-0.39, 0.29) is 13.1 Å². The van der Waals surface area contributed by atoms with Gasteiger partial charge < -0.3 is 26.6 Å². The Morgan fingerprint density at radius 1 is 0.733 bits per heavy atom. The number of halogens is 2. The van der Waals surface area contributed by atoms with Crippen LogP contribution in [0.3, 0.4) is 0 Å². The van der Waals surface area contributed by atoms with E-state index < -0.39 is 0 Å². The van der Waals surface area contributed by atoms with Crippen LogP contribution in [0.4, 0.5) is 0 Å². The van der Waals surface area contributed by atoms with E-state index >= 15 is 0 Å². The summed E-state index contributed by atoms with van der Waals surface area (Å²) in [5.41, 5.74) is 0. The zero-order valence-corrected chi connectivity index (χ0v) is 23.0. The van der Waals surface area contributed by atoms with Gasteiger partial charge in [0.15, 0.2) is 0 Å². The predicted molar refractivity (Wildman–Crippen MR) is 136 cm³/mol. The Morgan fingerprint density at radius 3 is 1.57 bits per heavy atom. The summed E-state index contributed by atoms with van der Waals surface area (Å²) in [6, 6.07) is 2.42. The van der Waals surface area contributed by atoms with Gasteiger partial charge in [0.05, 0.1) is 0 Å². The summed E-state index contributed by atoms with van der Waals surface area (Å²) in [4.78, 5) is 0. The predicted octanol–water partition coefficient (Wildman–Crippen LogP) is 2.88. The zero-order valence-electron chi connectivity index (χ0n) is 18.7. The molecule has 10 heteroatoms. The third-order valence-corrected chi connectivity index (χ3v) is 7.12. The third kappa shape index (κ3) is 14.7. The summed E-state index contributed by atoms with van der Waals surface area (Å²) in [7, 11) is 9.59. The van der Waals surface area contributed by atoms with E-state index in [1.807, 2.05) is 23.5 Å². The quantitative estimate of drug-likeness (QED) is 0.331. The second kappa shape index (κ2) is 21.2. The van der Waals surface area contributed by atoms with Gasteiger partial charge in [-0.3, -0.25) is 0 Å². The second-order valence-corrected chi connectivity index (χ2v) is 11.9. The average Bonchev–Trinajstić information content (AvgIpc) is 2.77. The molecule has 1 aliphatic heterocycles. The second-order valence-electron chi connectivity index (χ2n) is 7.98. The molecule has 0 aromatic rings. The van der Waals surface area contributed by atoms with Crippen LogP contribution in [0.2, 0.25) is 0 Å². The topological polar surface area (TPSA) is 60.1 Å². The molecule has 2 aliphatic rings. The van der Waals surface area contributed by atoms with E-state index in [9.17, 15) is 0 Å². The minimum atomic E-state index is 0.00694. The van der Waals surface area contributed by atoms with Gasteiger partial charge in [0.1, 0.15) is 0 Å². The molecule has 0 bridgehead atoms. The van der Waals surface area contributed by atoms with Crippen LogP contribution in [0.25, 0.3) is 0 Å². The molecule has 181 valence electrons. The van der Waals surface area contributed by atoms with Crippen molar-refractivity contribution < 1.29 is 13.1 Å². The number of hydrogen-bond donors (Lipinski definition) is 5. The molecule has 5 N–H and O–H groups in total. The molecule has 2 fully saturated rings. The van der Waals surface area contributed by atoms with Gasteiger partial charge >= 0.3 is 33.3 Å². The molecule has 0 amide bonds. The molecular weight excluding hydrogens is 500 g/mol. The molecule has 1 saturated heterocycles. The van der Waals surface area contributed by atoms with Gasteiger partial charge in [-0.2, -0.15) is 23.5 Å². The first-order valence-corrected chi connectivity index (χ1v) is 17.3. The van der Waals surface area contributed by atoms with E-state index in [0.29, 0.717) is 24.2 Å². The Bertz CT molecular complexity index is 359. The zero-order chi connectivity index (χ0) is 21.9. The van der Waals surface area contributed by atoms with Crippen molar-refractivity contribution in [3.8, 4) is 0 Å². The van der Waals surface area contributed by atoms with E-state index in [2.05, 4.69) is 39.1 Å². The van der Waals surface area contributed by atoms with Crippen molar-refractivity contribution in [2.75, 3.05) is 63.3 Å². The Balaban J connectivity index is 0.00000141. The van der Waals surface area contributed by atoms with Crippen LogP contribution in [0, 0.1) is 0 Å². The van der Waals surface area contributed by atoms with Crippen molar-refractivity contribution in [2.24, 2.45) is 0 Å². The first-order valence-electron chi connectivity index (χ1n) is 11.2. The fourth-order valence-corrected chi connectivity index (χ4v) is 5.17. The number of nitrogens with one attached hydrogen (secondary N) is 5. The van der Waals surface area contributed by atoms with Crippen molar-refractivity contribution in [2.45, 2.75) is 62.7 Å². The van der Waals surface area contributed by atoms with Crippen LogP contribution in [0.5, 0.6) is 0 Å². The minimum absolute atomic E-state index is 0.00694. The molecular formula is C20H43Cl2MnN5S2. The van der Waals surface area contributed by atoms with Crippen molar-refractivity contribution >= 4 is 43.7 Å². The summed E-state index contributed by atoms with van der Waals surface area (Å²) >= 11 is 3.92. The van der Waals surface area contributed by atoms with E-state index in [1.54, 1.807) is 0 Å². The number of hydrogen-bond acceptors (Lipinski definition) is 7. The van der Waals surface area contributed by atoms with Gasteiger partial charge in [-0.05, 0) is 49.7 Å². The van der Waals surface area contributed by atoms with Crippen molar-refractivity contribution in [3.05, 3.63) is 0 Å². The molecule has 0 aromatic heterocycles. The van der Waals surface area contributed by atoms with E-state index in [4.69, 9.17) is 20.2 Å². The Labute approximate surface area is 208 Å². The molecule has 0 radical (unpaired) electrons. The van der Waals surface area contributed by atoms with Gasteiger partial charge in [0.2, 0.25) is 0 Å². The van der Waals surface area contributed by atoms with Gasteiger partial charge in [-0.1, -0.05) is 12.8 Å². The van der Waals surface area contributed by atoms with Crippen molar-refractivity contribution in [1.82, 2.24) is 26.6 Å². The number of thioether (sulfide) groups is 2. The third-order valence-electron chi connectivity index (χ3n) is 5.83. The molecule has 1 heterocycles. The molecule has 30 heavy (non-hydrogen) atoms. The first kappa shape index (κ1) is 29.6. The molecule has 0 spiro atoms. The van der Waals surface area contributed by atoms with Gasteiger partial charge in [-0.15, -0.1) is 0 Å². The monoisotopic (exact) mass is 542 g/mol. The van der Waals surface area contributed by atoms with Gasteiger partial charge in [0.25, 0.3) is 0 Å². The number of rotatable bonds is 6. The molecule has 4 atom stereocenters. The van der Waals surface area contributed by atoms with Gasteiger partial charge in [0, 0.05) is 63.4 Å². The summed E-state index contributed by atoms with van der Waals surface area (Å²) in [6.45, 7) is 6.41. The maximum absolute atomic E-state index is 4.80. The van der Waals surface area contributed by atoms with E-state index in [1.165, 1.54) is 50.0 Å². The normalized spacial score (nSPS) is 29.6. The molecule has 2 unspecified atom stereocenters. The van der Waals surface area contributed by atoms with Crippen LogP contribution >= 0.6 is 43.7 Å². The van der Waals surface area contributed by atoms with Crippen LogP contribution in [-0.4, -0.2) is 87.5 Å². The van der Waals surface area contributed by atoms with Crippen molar-refractivity contribution in [1.29, 1.82) is 0 Å². The summed E-state index contributed by atoms with van der Waals surface area (Å²) in [5.74, 6) is 2.47. The van der Waals surface area contributed by atoms with Crippen LogP contribution in [0.1, 0.15) is 38.5 Å². The van der Waals surface area contributed by atoms with Crippen LogP contribution < -0.4 is 26.6 Å². The molecule has 2 rings (SSSR count). The van der Waals surface area contributed by atoms with Crippen molar-refractivity contribution in [3.63, 3.8) is 0 Å². The Kier molecular flexibility index (Phi) is 20.9. The Hall–Kier alpha value is 1.60. The van der Waals surface area contributed by atoms with E-state index in [0.717, 1.165) is 39.3 Å². The average molecular weight is 544 g/mol. The molecule has 0 aromatic carbocycles. The number of fused-ring (bicyclic) bond motifs is 1. The first-order chi connectivity index (χ1) is 14.7. The van der Waals surface area contributed by atoms with Crippen LogP contribution in [-0.2, 0) is 13.1 Å². The summed E-state index contributed by atoms with van der Waals surface area (Å²) in [6.07, 6.45) is 12.3. The van der Waals surface area contributed by atoms with Crippen LogP contribution in [0.15, 0.2) is 0 Å². The maximum atomic E-state index is 4.80. The Morgan fingerprint density at radius 2 is 1.17 bits per heavy atom. The standard InChI is InChI=1S/C20H43N5S2.2ClH.Mn/c1-26-13-7-17-15-24-19-5-3-4-6-20(19)25-16-18(8-14-27-2)23-12-10-21-9-11-22-17;;;/h17-25H,3-16H2,1-2H3;2*1H;/q;;;+2/p-2/t17-,18-,19?,20?;;;/m1.../s1.